The zero-order valence-corrected chi connectivity index (χ0v) is 45.7. The Morgan fingerprint density at radius 1 is 0.671 bits per heavy atom. The summed E-state index contributed by atoms with van der Waals surface area (Å²) in [7, 11) is 0. The molecule has 0 radical (unpaired) electrons. The van der Waals surface area contributed by atoms with Crippen molar-refractivity contribution in [1.82, 2.24) is 0 Å². The van der Waals surface area contributed by atoms with Gasteiger partial charge in [-0.05, 0) is 97.7 Å². The largest absolute Gasteiger partial charge is 0.432 e. The van der Waals surface area contributed by atoms with E-state index in [-0.39, 0.29) is 59.9 Å². The number of rotatable bonds is 12. The highest BCUT2D eigenvalue weighted by molar-refractivity contribution is 5.79. The van der Waals surface area contributed by atoms with E-state index in [1.54, 1.807) is 0 Å². The lowest BCUT2D eigenvalue weighted by molar-refractivity contribution is -0.346. The van der Waals surface area contributed by atoms with Crippen molar-refractivity contribution in [2.45, 2.75) is 227 Å². The first kappa shape index (κ1) is 60.2. The summed E-state index contributed by atoms with van der Waals surface area (Å²) in [6, 6.07) is 0. The predicted molar refractivity (Wildman–Crippen MR) is 267 cm³/mol. The number of esters is 1. The quantitative estimate of drug-likeness (QED) is 0.0564. The number of fused-ring (bicyclic) bond motifs is 7. The van der Waals surface area contributed by atoms with Crippen LogP contribution in [0.3, 0.4) is 0 Å². The zero-order valence-electron chi connectivity index (χ0n) is 45.7. The second kappa shape index (κ2) is 22.2. The molecule has 0 bridgehead atoms. The average molecular weight is 1130 g/mol. The molecule has 0 aromatic heterocycles. The number of allylic oxidation sites excluding steroid dienone is 3. The summed E-state index contributed by atoms with van der Waals surface area (Å²) in [5.74, 6) is -0.457. The van der Waals surface area contributed by atoms with E-state index in [0.29, 0.717) is 38.5 Å². The standard InChI is InChI=1S/C55H86O24/c1-24-9-14-54(49(68)79-47-40(65)37(62)35(60)29(75-47)20-72-44-39(64)36(61)30(21-73-44)76-48-43(67)55(69,22-56)23-74-48)16-15-52(5)25(26(54)17-24)7-8-32-51(4)12-11-33(50(2,3)31(51)10-13-53(32,52)6)77-46-41(66)42(28(58)19-71-46)78-45-38(63)34(59)27(57)18-70-45/h7,26-48,56-67,69H,1,8-23H2,2-6H3/t26-,27-,28-,29+,30-,31-,32+,33-,34-,35+,36-,37-,38+,39+,40+,41+,42-,43-,44+,45-,46-,47-,48-,51-,52+,53+,54-,55+/m0/s1. The molecule has 0 unspecified atom stereocenters. The molecule has 5 aliphatic carbocycles. The van der Waals surface area contributed by atoms with Gasteiger partial charge in [0.15, 0.2) is 25.2 Å². The lowest BCUT2D eigenvalue weighted by Crippen LogP contribution is -2.66. The molecule has 0 aromatic carbocycles. The van der Waals surface area contributed by atoms with E-state index in [2.05, 4.69) is 47.3 Å². The first-order valence-electron chi connectivity index (χ1n) is 28.3. The van der Waals surface area contributed by atoms with Gasteiger partial charge in [-0.15, -0.1) is 0 Å². The van der Waals surface area contributed by atoms with Crippen LogP contribution in [0.5, 0.6) is 0 Å². The van der Waals surface area contributed by atoms with Crippen molar-refractivity contribution in [2.24, 2.45) is 44.8 Å². The minimum absolute atomic E-state index is 0.150. The summed E-state index contributed by atoms with van der Waals surface area (Å²) in [6.07, 6.45) is -20.3. The minimum atomic E-state index is -1.99. The molecular weight excluding hydrogens is 1040 g/mol. The Balaban J connectivity index is 0.798. The molecule has 0 aromatic rings. The van der Waals surface area contributed by atoms with Crippen LogP contribution in [0.15, 0.2) is 23.8 Å². The molecule has 4 saturated carbocycles. The van der Waals surface area contributed by atoms with Gasteiger partial charge in [-0.25, -0.2) is 0 Å². The highest BCUT2D eigenvalue weighted by atomic mass is 16.8. The van der Waals surface area contributed by atoms with Crippen LogP contribution in [0.2, 0.25) is 0 Å². The van der Waals surface area contributed by atoms with Gasteiger partial charge in [0.2, 0.25) is 6.29 Å². The van der Waals surface area contributed by atoms with Crippen LogP contribution in [-0.4, -0.2) is 241 Å². The van der Waals surface area contributed by atoms with Gasteiger partial charge in [0, 0.05) is 5.92 Å². The van der Waals surface area contributed by atoms with Crippen LogP contribution < -0.4 is 0 Å². The number of ether oxygens (including phenoxy) is 10. The maximum atomic E-state index is 15.0. The lowest BCUT2D eigenvalue weighted by Gasteiger charge is -2.71. The maximum Gasteiger partial charge on any atom is 0.315 e. The highest BCUT2D eigenvalue weighted by Crippen LogP contribution is 2.75. The summed E-state index contributed by atoms with van der Waals surface area (Å²) in [5, 5.41) is 138. The van der Waals surface area contributed by atoms with Crippen molar-refractivity contribution < 1.29 is 119 Å². The number of hydrogen-bond donors (Lipinski definition) is 13. The third kappa shape index (κ3) is 10.0. The van der Waals surface area contributed by atoms with Crippen LogP contribution in [0, 0.1) is 44.8 Å². The van der Waals surface area contributed by atoms with E-state index in [1.165, 1.54) is 5.57 Å². The predicted octanol–water partition coefficient (Wildman–Crippen LogP) is -2.12. The van der Waals surface area contributed by atoms with E-state index in [9.17, 15) is 66.4 Å². The minimum Gasteiger partial charge on any atom is -0.432 e. The van der Waals surface area contributed by atoms with Crippen molar-refractivity contribution in [2.75, 3.05) is 39.6 Å². The zero-order chi connectivity index (χ0) is 57.1. The van der Waals surface area contributed by atoms with Gasteiger partial charge >= 0.3 is 5.97 Å². The molecule has 5 saturated heterocycles. The summed E-state index contributed by atoms with van der Waals surface area (Å²) < 4.78 is 58.1. The number of aliphatic hydroxyl groups excluding tert-OH is 12. The topological polar surface area (TPSA) is 372 Å². The fraction of sp³-hybridized carbons (Fsp3) is 0.909. The van der Waals surface area contributed by atoms with Crippen molar-refractivity contribution >= 4 is 5.97 Å². The van der Waals surface area contributed by atoms with E-state index in [4.69, 9.17) is 47.4 Å². The molecule has 24 heteroatoms. The first-order valence-corrected chi connectivity index (χ1v) is 28.3. The monoisotopic (exact) mass is 1130 g/mol. The summed E-state index contributed by atoms with van der Waals surface area (Å²) in [5.41, 5.74) is -1.91. The number of aliphatic hydroxyl groups is 13. The molecule has 79 heavy (non-hydrogen) atoms. The highest BCUT2D eigenvalue weighted by Gasteiger charge is 2.70. The van der Waals surface area contributed by atoms with Crippen molar-refractivity contribution in [3.8, 4) is 0 Å². The summed E-state index contributed by atoms with van der Waals surface area (Å²) >= 11 is 0. The molecule has 450 valence electrons. The molecule has 13 N–H and O–H groups in total. The fourth-order valence-corrected chi connectivity index (χ4v) is 16.4. The third-order valence-electron chi connectivity index (χ3n) is 21.5. The van der Waals surface area contributed by atoms with Crippen molar-refractivity contribution in [3.05, 3.63) is 23.8 Å². The van der Waals surface area contributed by atoms with Gasteiger partial charge in [-0.3, -0.25) is 4.79 Å². The molecule has 0 amide bonds. The Morgan fingerprint density at radius 2 is 1.34 bits per heavy atom. The molecule has 0 spiro atoms. The Bertz CT molecular complexity index is 2240. The molecule has 24 nitrogen and oxygen atoms in total. The molecular formula is C55H86O24. The Hall–Kier alpha value is -1.93. The fourth-order valence-electron chi connectivity index (χ4n) is 16.4. The third-order valence-corrected chi connectivity index (χ3v) is 21.5. The lowest BCUT2D eigenvalue weighted by atomic mass is 9.34. The van der Waals surface area contributed by atoms with Gasteiger partial charge in [0.1, 0.15) is 91.1 Å². The molecule has 10 aliphatic rings. The van der Waals surface area contributed by atoms with Gasteiger partial charge in [0.25, 0.3) is 0 Å². The van der Waals surface area contributed by atoms with Crippen LogP contribution in [-0.2, 0) is 52.2 Å². The van der Waals surface area contributed by atoms with Gasteiger partial charge in [0.05, 0.1) is 51.2 Å². The van der Waals surface area contributed by atoms with Gasteiger partial charge < -0.3 is 114 Å². The van der Waals surface area contributed by atoms with Crippen molar-refractivity contribution in [1.29, 1.82) is 0 Å². The Morgan fingerprint density at radius 3 is 2.05 bits per heavy atom. The number of carbonyl (C=O) groups is 1. The Labute approximate surface area is 459 Å². The van der Waals surface area contributed by atoms with E-state index in [0.717, 1.165) is 31.3 Å². The number of carbonyl (C=O) groups excluding carboxylic acids is 1. The smallest absolute Gasteiger partial charge is 0.315 e. The molecule has 5 heterocycles. The van der Waals surface area contributed by atoms with Crippen LogP contribution >= 0.6 is 0 Å². The normalized spacial score (nSPS) is 53.7. The summed E-state index contributed by atoms with van der Waals surface area (Å²) in [4.78, 5) is 15.0. The first-order chi connectivity index (χ1) is 37.2. The second-order valence-electron chi connectivity index (χ2n) is 26.0. The molecule has 5 aliphatic heterocycles. The van der Waals surface area contributed by atoms with Crippen LogP contribution in [0.25, 0.3) is 0 Å². The SMILES string of the molecule is C=C1CC[C@]2(C(=O)O[C@@H]3O[C@H](CO[C@@H]4OC[C@H](O[C@@H]5OC[C@](O)(CO)[C@H]5O)[C@H](O)[C@H]4O)[C@@H](O)[C@H](O)[C@H]3O)CC[C@]3(C)C(=CC[C@@H]4[C@@]5(C)CC[C@H](O[C@@H]6OC[C@H](O)[C@H](O[C@@H]7OC[C@H](O)[C@H](O)[C@H]7O)[C@H]6O)C(C)(C)[C@@H]5CC[C@]43C)[C@@H]2C1. The molecule has 10 rings (SSSR count). The van der Waals surface area contributed by atoms with Crippen LogP contribution in [0.4, 0.5) is 0 Å². The van der Waals surface area contributed by atoms with Crippen molar-refractivity contribution in [3.63, 3.8) is 0 Å². The summed E-state index contributed by atoms with van der Waals surface area (Å²) in [6.45, 7) is 13.2. The second-order valence-corrected chi connectivity index (χ2v) is 26.0. The van der Waals surface area contributed by atoms with E-state index >= 15 is 4.79 Å². The van der Waals surface area contributed by atoms with E-state index < -0.39 is 159 Å². The average Bonchev–Trinajstić information content (AvgIpc) is 2.50. The van der Waals surface area contributed by atoms with E-state index in [1.807, 2.05) is 0 Å². The van der Waals surface area contributed by atoms with Gasteiger partial charge in [-0.1, -0.05) is 58.4 Å². The molecule has 28 atom stereocenters. The molecule has 9 fully saturated rings. The van der Waals surface area contributed by atoms with Crippen LogP contribution in [0.1, 0.15) is 98.8 Å². The number of hydrogen-bond acceptors (Lipinski definition) is 24. The maximum absolute atomic E-state index is 15.0. The van der Waals surface area contributed by atoms with Gasteiger partial charge in [-0.2, -0.15) is 0 Å². The Kier molecular flexibility index (Phi) is 16.9.